The summed E-state index contributed by atoms with van der Waals surface area (Å²) in [6.45, 7) is 7.54. The van der Waals surface area contributed by atoms with Crippen molar-refractivity contribution in [2.75, 3.05) is 57.2 Å². The molecule has 1 aromatic carbocycles. The van der Waals surface area contributed by atoms with Crippen molar-refractivity contribution in [3.63, 3.8) is 0 Å². The van der Waals surface area contributed by atoms with Crippen LogP contribution in [0, 0.1) is 0 Å². The van der Waals surface area contributed by atoms with Gasteiger partial charge in [0.25, 0.3) is 0 Å². The van der Waals surface area contributed by atoms with Crippen molar-refractivity contribution in [2.45, 2.75) is 19.4 Å². The van der Waals surface area contributed by atoms with Crippen molar-refractivity contribution in [1.29, 1.82) is 0 Å². The number of nitrogens with one attached hydrogen (secondary N) is 2. The molecule has 7 heteroatoms. The largest absolute Gasteiger partial charge is 0.379 e. The minimum atomic E-state index is -0.660. The zero-order valence-corrected chi connectivity index (χ0v) is 15.5. The van der Waals surface area contributed by atoms with E-state index in [-0.39, 0.29) is 5.54 Å². The first kappa shape index (κ1) is 19.2. The second-order valence-corrected chi connectivity index (χ2v) is 6.96. The van der Waals surface area contributed by atoms with Crippen molar-refractivity contribution >= 4 is 23.2 Å². The van der Waals surface area contributed by atoms with E-state index >= 15 is 0 Å². The standard InChI is InChI=1S/C18H28N4O3/c1-18(2,22-9-11-25-12-10-22)13-19-16(23)17(24)20-14-7-5-6-8-15(14)21(3)4/h5-8H,9-13H2,1-4H3,(H,19,23)(H,20,24). The quantitative estimate of drug-likeness (QED) is 0.774. The molecule has 0 atom stereocenters. The molecular formula is C18H28N4O3. The van der Waals surface area contributed by atoms with Crippen molar-refractivity contribution in [3.8, 4) is 0 Å². The van der Waals surface area contributed by atoms with E-state index in [2.05, 4.69) is 29.4 Å². The predicted octanol–water partition coefficient (Wildman–Crippen LogP) is 0.918. The van der Waals surface area contributed by atoms with Gasteiger partial charge in [-0.15, -0.1) is 0 Å². The highest BCUT2D eigenvalue weighted by Gasteiger charge is 2.29. The number of para-hydroxylation sites is 2. The number of carbonyl (C=O) groups is 2. The minimum absolute atomic E-state index is 0.235. The summed E-state index contributed by atoms with van der Waals surface area (Å²) in [6, 6.07) is 7.37. The van der Waals surface area contributed by atoms with Crippen LogP contribution < -0.4 is 15.5 Å². The van der Waals surface area contributed by atoms with E-state index in [0.717, 1.165) is 18.8 Å². The summed E-state index contributed by atoms with van der Waals surface area (Å²) in [5, 5.41) is 5.42. The maximum absolute atomic E-state index is 12.2. The summed E-state index contributed by atoms with van der Waals surface area (Å²) in [4.78, 5) is 28.5. The molecule has 1 aliphatic rings. The van der Waals surface area contributed by atoms with Crippen LogP contribution in [-0.4, -0.2) is 69.2 Å². The predicted molar refractivity (Wildman–Crippen MR) is 98.9 cm³/mol. The van der Waals surface area contributed by atoms with E-state index in [1.165, 1.54) is 0 Å². The first-order valence-electron chi connectivity index (χ1n) is 8.49. The number of anilines is 2. The molecule has 138 valence electrons. The van der Waals surface area contributed by atoms with Crippen LogP contribution in [0.5, 0.6) is 0 Å². The van der Waals surface area contributed by atoms with Gasteiger partial charge in [0.2, 0.25) is 0 Å². The monoisotopic (exact) mass is 348 g/mol. The summed E-state index contributed by atoms with van der Waals surface area (Å²) in [6.07, 6.45) is 0. The average molecular weight is 348 g/mol. The molecule has 0 radical (unpaired) electrons. The Balaban J connectivity index is 1.91. The fourth-order valence-electron chi connectivity index (χ4n) is 2.81. The second-order valence-electron chi connectivity index (χ2n) is 6.96. The first-order valence-corrected chi connectivity index (χ1v) is 8.49. The lowest BCUT2D eigenvalue weighted by Crippen LogP contribution is -2.56. The average Bonchev–Trinajstić information content (AvgIpc) is 2.60. The normalized spacial score (nSPS) is 15.5. The lowest BCUT2D eigenvalue weighted by atomic mass is 10.0. The van der Waals surface area contributed by atoms with Crippen molar-refractivity contribution < 1.29 is 14.3 Å². The molecule has 25 heavy (non-hydrogen) atoms. The Morgan fingerprint density at radius 3 is 2.44 bits per heavy atom. The Kier molecular flexibility index (Phi) is 6.39. The Labute approximate surface area is 149 Å². The molecule has 0 aromatic heterocycles. The topological polar surface area (TPSA) is 73.9 Å². The van der Waals surface area contributed by atoms with E-state index < -0.39 is 11.8 Å². The molecule has 1 fully saturated rings. The van der Waals surface area contributed by atoms with Gasteiger partial charge in [0.15, 0.2) is 0 Å². The highest BCUT2D eigenvalue weighted by molar-refractivity contribution is 6.39. The van der Waals surface area contributed by atoms with Crippen molar-refractivity contribution in [1.82, 2.24) is 10.2 Å². The zero-order valence-electron chi connectivity index (χ0n) is 15.5. The number of amides is 2. The van der Waals surface area contributed by atoms with Gasteiger partial charge in [0, 0.05) is 39.3 Å². The van der Waals surface area contributed by atoms with Gasteiger partial charge in [0.1, 0.15) is 0 Å². The van der Waals surface area contributed by atoms with Crippen molar-refractivity contribution in [3.05, 3.63) is 24.3 Å². The summed E-state index contributed by atoms with van der Waals surface area (Å²) in [7, 11) is 3.77. The molecule has 7 nitrogen and oxygen atoms in total. The number of hydrogen-bond donors (Lipinski definition) is 2. The summed E-state index contributed by atoms with van der Waals surface area (Å²) in [5.74, 6) is -1.29. The number of ether oxygens (including phenoxy) is 1. The van der Waals surface area contributed by atoms with Gasteiger partial charge in [0.05, 0.1) is 24.6 Å². The third-order valence-corrected chi connectivity index (χ3v) is 4.39. The van der Waals surface area contributed by atoms with Gasteiger partial charge < -0.3 is 20.3 Å². The van der Waals surface area contributed by atoms with Gasteiger partial charge in [-0.25, -0.2) is 0 Å². The van der Waals surface area contributed by atoms with Gasteiger partial charge in [-0.2, -0.15) is 0 Å². The van der Waals surface area contributed by atoms with Crippen LogP contribution in [0.25, 0.3) is 0 Å². The number of carbonyl (C=O) groups excluding carboxylic acids is 2. The van der Waals surface area contributed by atoms with E-state index in [9.17, 15) is 9.59 Å². The van der Waals surface area contributed by atoms with Crippen molar-refractivity contribution in [2.24, 2.45) is 0 Å². The van der Waals surface area contributed by atoms with E-state index in [1.54, 1.807) is 6.07 Å². The molecule has 0 aliphatic carbocycles. The van der Waals surface area contributed by atoms with Crippen LogP contribution >= 0.6 is 0 Å². The molecule has 2 N–H and O–H groups in total. The molecular weight excluding hydrogens is 320 g/mol. The van der Waals surface area contributed by atoms with E-state index in [0.29, 0.717) is 25.4 Å². The molecule has 0 saturated carbocycles. The fourth-order valence-corrected chi connectivity index (χ4v) is 2.81. The molecule has 2 rings (SSSR count). The second kappa shape index (κ2) is 8.31. The number of morpholine rings is 1. The lowest BCUT2D eigenvalue weighted by Gasteiger charge is -2.40. The SMILES string of the molecule is CN(C)c1ccccc1NC(=O)C(=O)NCC(C)(C)N1CCOCC1. The molecule has 1 aliphatic heterocycles. The molecule has 2 amide bonds. The fraction of sp³-hybridized carbons (Fsp3) is 0.556. The Morgan fingerprint density at radius 1 is 1.16 bits per heavy atom. The van der Waals surface area contributed by atoms with Crippen LogP contribution in [0.15, 0.2) is 24.3 Å². The van der Waals surface area contributed by atoms with Crippen LogP contribution in [0.1, 0.15) is 13.8 Å². The van der Waals surface area contributed by atoms with Crippen LogP contribution in [0.3, 0.4) is 0 Å². The maximum atomic E-state index is 12.2. The smallest absolute Gasteiger partial charge is 0.313 e. The number of hydrogen-bond acceptors (Lipinski definition) is 5. The number of benzene rings is 1. The van der Waals surface area contributed by atoms with Gasteiger partial charge in [-0.3, -0.25) is 14.5 Å². The summed E-state index contributed by atoms with van der Waals surface area (Å²) < 4.78 is 5.36. The molecule has 1 saturated heterocycles. The Hall–Kier alpha value is -2.12. The van der Waals surface area contributed by atoms with E-state index in [4.69, 9.17) is 4.74 Å². The van der Waals surface area contributed by atoms with Gasteiger partial charge in [-0.1, -0.05) is 12.1 Å². The molecule has 0 unspecified atom stereocenters. The molecule has 0 bridgehead atoms. The van der Waals surface area contributed by atoms with Gasteiger partial charge >= 0.3 is 11.8 Å². The van der Waals surface area contributed by atoms with E-state index in [1.807, 2.05) is 37.2 Å². The third-order valence-electron chi connectivity index (χ3n) is 4.39. The number of nitrogens with zero attached hydrogens (tertiary/aromatic N) is 2. The summed E-state index contributed by atoms with van der Waals surface area (Å²) in [5.41, 5.74) is 1.22. The first-order chi connectivity index (χ1) is 11.8. The van der Waals surface area contributed by atoms with Crippen LogP contribution in [0.2, 0.25) is 0 Å². The molecule has 1 heterocycles. The summed E-state index contributed by atoms with van der Waals surface area (Å²) >= 11 is 0. The minimum Gasteiger partial charge on any atom is -0.379 e. The Bertz CT molecular complexity index is 610. The zero-order chi connectivity index (χ0) is 18.4. The molecule has 1 aromatic rings. The molecule has 0 spiro atoms. The van der Waals surface area contributed by atoms with Gasteiger partial charge in [-0.05, 0) is 26.0 Å². The lowest BCUT2D eigenvalue weighted by molar-refractivity contribution is -0.136. The van der Waals surface area contributed by atoms with Crippen LogP contribution in [-0.2, 0) is 14.3 Å². The van der Waals surface area contributed by atoms with Crippen LogP contribution in [0.4, 0.5) is 11.4 Å². The Morgan fingerprint density at radius 2 is 1.80 bits per heavy atom. The highest BCUT2D eigenvalue weighted by Crippen LogP contribution is 2.23. The highest BCUT2D eigenvalue weighted by atomic mass is 16.5. The number of rotatable bonds is 5. The third kappa shape index (κ3) is 5.17. The maximum Gasteiger partial charge on any atom is 0.313 e.